The molecule has 0 aromatic carbocycles. The van der Waals surface area contributed by atoms with Crippen molar-refractivity contribution in [3.8, 4) is 0 Å². The highest BCUT2D eigenvalue weighted by Gasteiger charge is 2.20. The van der Waals surface area contributed by atoms with Crippen LogP contribution in [0.3, 0.4) is 0 Å². The Morgan fingerprint density at radius 3 is 2.40 bits per heavy atom. The molecule has 0 spiro atoms. The lowest BCUT2D eigenvalue weighted by Gasteiger charge is -2.28. The summed E-state index contributed by atoms with van der Waals surface area (Å²) in [5, 5.41) is 0. The van der Waals surface area contributed by atoms with Crippen LogP contribution in [0.15, 0.2) is 11.6 Å². The van der Waals surface area contributed by atoms with Crippen LogP contribution >= 0.6 is 0 Å². The monoisotopic (exact) mass is 138 g/mol. The van der Waals surface area contributed by atoms with Gasteiger partial charge in [0, 0.05) is 0 Å². The molecular formula is C10H18. The molecule has 0 bridgehead atoms. The van der Waals surface area contributed by atoms with Crippen molar-refractivity contribution < 1.29 is 0 Å². The molecule has 10 heavy (non-hydrogen) atoms. The van der Waals surface area contributed by atoms with Crippen molar-refractivity contribution in [2.75, 3.05) is 0 Å². The number of allylic oxidation sites excluding steroid dienone is 2. The molecule has 0 nitrogen and oxygen atoms in total. The second-order valence-electron chi connectivity index (χ2n) is 3.88. The van der Waals surface area contributed by atoms with E-state index >= 15 is 0 Å². The standard InChI is InChI=1S/C10H18/c1-7-5-9(3)10(4)6-8(7)2/h5,7-8,10H,6H2,1-4H3. The van der Waals surface area contributed by atoms with Gasteiger partial charge < -0.3 is 0 Å². The second kappa shape index (κ2) is 2.77. The quantitative estimate of drug-likeness (QED) is 0.451. The Morgan fingerprint density at radius 1 is 1.30 bits per heavy atom. The third kappa shape index (κ3) is 1.42. The molecule has 0 aromatic heterocycles. The third-order valence-corrected chi connectivity index (χ3v) is 2.93. The van der Waals surface area contributed by atoms with Crippen LogP contribution in [0.1, 0.15) is 34.1 Å². The van der Waals surface area contributed by atoms with Crippen LogP contribution in [-0.2, 0) is 0 Å². The van der Waals surface area contributed by atoms with Gasteiger partial charge in [-0.25, -0.2) is 0 Å². The molecule has 3 atom stereocenters. The van der Waals surface area contributed by atoms with Crippen molar-refractivity contribution in [2.24, 2.45) is 17.8 Å². The normalized spacial score (nSPS) is 41.2. The average Bonchev–Trinajstić information content (AvgIpc) is 1.84. The van der Waals surface area contributed by atoms with Gasteiger partial charge in [-0.05, 0) is 31.1 Å². The summed E-state index contributed by atoms with van der Waals surface area (Å²) in [6.07, 6.45) is 3.81. The van der Waals surface area contributed by atoms with Crippen molar-refractivity contribution in [1.29, 1.82) is 0 Å². The Balaban J connectivity index is 2.69. The summed E-state index contributed by atoms with van der Waals surface area (Å²) in [5.41, 5.74) is 1.59. The molecule has 0 saturated heterocycles. The van der Waals surface area contributed by atoms with Gasteiger partial charge >= 0.3 is 0 Å². The number of hydrogen-bond acceptors (Lipinski definition) is 0. The van der Waals surface area contributed by atoms with Gasteiger partial charge in [0.2, 0.25) is 0 Å². The van der Waals surface area contributed by atoms with Gasteiger partial charge in [0.25, 0.3) is 0 Å². The Hall–Kier alpha value is -0.260. The predicted octanol–water partition coefficient (Wildman–Crippen LogP) is 3.24. The maximum Gasteiger partial charge on any atom is -0.0232 e. The van der Waals surface area contributed by atoms with E-state index in [0.29, 0.717) is 0 Å². The first-order chi connectivity index (χ1) is 4.61. The smallest absolute Gasteiger partial charge is 0.0232 e. The van der Waals surface area contributed by atoms with E-state index in [1.54, 1.807) is 5.57 Å². The lowest BCUT2D eigenvalue weighted by Crippen LogP contribution is -2.16. The summed E-state index contributed by atoms with van der Waals surface area (Å²) >= 11 is 0. The van der Waals surface area contributed by atoms with E-state index in [1.165, 1.54) is 6.42 Å². The zero-order valence-electron chi connectivity index (χ0n) is 7.52. The van der Waals surface area contributed by atoms with Crippen LogP contribution in [0.2, 0.25) is 0 Å². The molecule has 3 unspecified atom stereocenters. The molecule has 0 aromatic rings. The Kier molecular flexibility index (Phi) is 2.18. The van der Waals surface area contributed by atoms with Crippen LogP contribution in [-0.4, -0.2) is 0 Å². The molecule has 1 aliphatic rings. The van der Waals surface area contributed by atoms with E-state index in [0.717, 1.165) is 17.8 Å². The summed E-state index contributed by atoms with van der Waals surface area (Å²) < 4.78 is 0. The van der Waals surface area contributed by atoms with Gasteiger partial charge in [0.05, 0.1) is 0 Å². The molecule has 0 heterocycles. The molecule has 58 valence electrons. The number of hydrogen-bond donors (Lipinski definition) is 0. The minimum absolute atomic E-state index is 0.802. The SMILES string of the molecule is CC1=CC(C)C(C)CC1C. The highest BCUT2D eigenvalue weighted by atomic mass is 14.3. The van der Waals surface area contributed by atoms with Gasteiger partial charge in [-0.3, -0.25) is 0 Å². The van der Waals surface area contributed by atoms with Gasteiger partial charge in [0.1, 0.15) is 0 Å². The van der Waals surface area contributed by atoms with Crippen LogP contribution < -0.4 is 0 Å². The zero-order valence-corrected chi connectivity index (χ0v) is 7.52. The molecule has 0 radical (unpaired) electrons. The van der Waals surface area contributed by atoms with Crippen molar-refractivity contribution in [2.45, 2.75) is 34.1 Å². The fourth-order valence-corrected chi connectivity index (χ4v) is 1.70. The van der Waals surface area contributed by atoms with Gasteiger partial charge in [-0.15, -0.1) is 0 Å². The van der Waals surface area contributed by atoms with Crippen LogP contribution in [0.4, 0.5) is 0 Å². The van der Waals surface area contributed by atoms with Crippen LogP contribution in [0.25, 0.3) is 0 Å². The Labute approximate surface area is 64.3 Å². The first kappa shape index (κ1) is 7.84. The predicted molar refractivity (Wildman–Crippen MR) is 45.9 cm³/mol. The van der Waals surface area contributed by atoms with E-state index in [4.69, 9.17) is 0 Å². The van der Waals surface area contributed by atoms with E-state index < -0.39 is 0 Å². The average molecular weight is 138 g/mol. The minimum atomic E-state index is 0.802. The van der Waals surface area contributed by atoms with E-state index in [1.807, 2.05) is 0 Å². The summed E-state index contributed by atoms with van der Waals surface area (Å²) in [6, 6.07) is 0. The maximum absolute atomic E-state index is 2.43. The molecule has 0 heteroatoms. The van der Waals surface area contributed by atoms with E-state index in [2.05, 4.69) is 33.8 Å². The molecular weight excluding hydrogens is 120 g/mol. The lowest BCUT2D eigenvalue weighted by atomic mass is 9.78. The topological polar surface area (TPSA) is 0 Å². The van der Waals surface area contributed by atoms with E-state index in [9.17, 15) is 0 Å². The van der Waals surface area contributed by atoms with Crippen molar-refractivity contribution >= 4 is 0 Å². The van der Waals surface area contributed by atoms with Crippen molar-refractivity contribution in [1.82, 2.24) is 0 Å². The lowest BCUT2D eigenvalue weighted by molar-refractivity contribution is 0.351. The highest BCUT2D eigenvalue weighted by Crippen LogP contribution is 2.31. The first-order valence-electron chi connectivity index (χ1n) is 4.29. The summed E-state index contributed by atoms with van der Waals surface area (Å²) in [4.78, 5) is 0. The molecule has 1 aliphatic carbocycles. The molecule has 0 saturated carbocycles. The zero-order chi connectivity index (χ0) is 7.72. The summed E-state index contributed by atoms with van der Waals surface area (Å²) in [5.74, 6) is 2.51. The van der Waals surface area contributed by atoms with Crippen molar-refractivity contribution in [3.05, 3.63) is 11.6 Å². The largest absolute Gasteiger partial charge is 0.0822 e. The van der Waals surface area contributed by atoms with Gasteiger partial charge in [-0.2, -0.15) is 0 Å². The van der Waals surface area contributed by atoms with E-state index in [-0.39, 0.29) is 0 Å². The molecule has 0 N–H and O–H groups in total. The van der Waals surface area contributed by atoms with Crippen LogP contribution in [0.5, 0.6) is 0 Å². The summed E-state index contributed by atoms with van der Waals surface area (Å²) in [6.45, 7) is 9.26. The Bertz CT molecular complexity index is 144. The van der Waals surface area contributed by atoms with Gasteiger partial charge in [-0.1, -0.05) is 32.4 Å². The Morgan fingerprint density at radius 2 is 1.90 bits per heavy atom. The number of rotatable bonds is 0. The first-order valence-corrected chi connectivity index (χ1v) is 4.29. The van der Waals surface area contributed by atoms with Crippen LogP contribution in [0, 0.1) is 17.8 Å². The minimum Gasteiger partial charge on any atom is -0.0822 e. The second-order valence-corrected chi connectivity index (χ2v) is 3.88. The third-order valence-electron chi connectivity index (χ3n) is 2.93. The molecule has 1 rings (SSSR count). The fourth-order valence-electron chi connectivity index (χ4n) is 1.70. The molecule has 0 fully saturated rings. The highest BCUT2D eigenvalue weighted by molar-refractivity contribution is 5.09. The van der Waals surface area contributed by atoms with Gasteiger partial charge in [0.15, 0.2) is 0 Å². The fraction of sp³-hybridized carbons (Fsp3) is 0.800. The molecule has 0 amide bonds. The van der Waals surface area contributed by atoms with Crippen molar-refractivity contribution in [3.63, 3.8) is 0 Å². The summed E-state index contributed by atoms with van der Waals surface area (Å²) in [7, 11) is 0. The molecule has 0 aliphatic heterocycles. The maximum atomic E-state index is 2.43.